The molecule has 0 aliphatic heterocycles. The molecule has 0 fully saturated rings. The van der Waals surface area contributed by atoms with Gasteiger partial charge in [-0.1, -0.05) is 32.0 Å². The summed E-state index contributed by atoms with van der Waals surface area (Å²) in [5, 5.41) is 6.87. The summed E-state index contributed by atoms with van der Waals surface area (Å²) in [6, 6.07) is 13.4. The second kappa shape index (κ2) is 8.78. The average Bonchev–Trinajstić information content (AvgIpc) is 3.31. The quantitative estimate of drug-likeness (QED) is 0.590. The molecule has 0 saturated carbocycles. The van der Waals surface area contributed by atoms with Crippen molar-refractivity contribution in [2.75, 3.05) is 13.1 Å². The monoisotopic (exact) mass is 380 g/mol. The Bertz CT molecular complexity index is 941. The first-order valence-corrected chi connectivity index (χ1v) is 9.70. The third kappa shape index (κ3) is 4.44. The van der Waals surface area contributed by atoms with E-state index in [2.05, 4.69) is 24.5 Å². The van der Waals surface area contributed by atoms with E-state index in [4.69, 9.17) is 0 Å². The summed E-state index contributed by atoms with van der Waals surface area (Å²) in [5.41, 5.74) is 1.63. The summed E-state index contributed by atoms with van der Waals surface area (Å²) in [5.74, 6) is 0.241. The molecular weight excluding hydrogens is 352 g/mol. The number of hydrogen-bond donors (Lipinski definition) is 2. The van der Waals surface area contributed by atoms with Crippen molar-refractivity contribution in [3.8, 4) is 0 Å². The normalized spacial score (nSPS) is 12.3. The summed E-state index contributed by atoms with van der Waals surface area (Å²) >= 11 is 0. The molecule has 0 aliphatic carbocycles. The molecule has 1 atom stereocenters. The van der Waals surface area contributed by atoms with Crippen LogP contribution in [0.3, 0.4) is 0 Å². The molecule has 2 amide bonds. The van der Waals surface area contributed by atoms with E-state index in [0.29, 0.717) is 24.7 Å². The zero-order valence-corrected chi connectivity index (χ0v) is 16.7. The van der Waals surface area contributed by atoms with Gasteiger partial charge in [0.1, 0.15) is 11.7 Å². The van der Waals surface area contributed by atoms with Crippen molar-refractivity contribution in [2.45, 2.75) is 26.3 Å². The fourth-order valence-corrected chi connectivity index (χ4v) is 3.44. The van der Waals surface area contributed by atoms with Gasteiger partial charge in [-0.05, 0) is 36.6 Å². The van der Waals surface area contributed by atoms with Crippen molar-refractivity contribution in [3.05, 3.63) is 60.6 Å². The van der Waals surface area contributed by atoms with E-state index in [1.807, 2.05) is 71.0 Å². The van der Waals surface area contributed by atoms with Crippen LogP contribution in [-0.2, 0) is 11.8 Å². The molecule has 2 heterocycles. The number of fused-ring (bicyclic) bond motifs is 1. The van der Waals surface area contributed by atoms with Gasteiger partial charge in [0, 0.05) is 43.4 Å². The lowest BCUT2D eigenvalue weighted by atomic mass is 10.0. The number of rotatable bonds is 8. The minimum absolute atomic E-state index is 0.0243. The number of para-hydroxylation sites is 1. The highest BCUT2D eigenvalue weighted by atomic mass is 16.2. The molecule has 0 unspecified atom stereocenters. The van der Waals surface area contributed by atoms with Crippen LogP contribution in [0.4, 0.5) is 0 Å². The van der Waals surface area contributed by atoms with E-state index in [1.165, 1.54) is 0 Å². The van der Waals surface area contributed by atoms with Gasteiger partial charge in [-0.15, -0.1) is 0 Å². The van der Waals surface area contributed by atoms with Crippen LogP contribution in [0.1, 0.15) is 36.8 Å². The maximum Gasteiger partial charge on any atom is 0.267 e. The summed E-state index contributed by atoms with van der Waals surface area (Å²) in [7, 11) is 1.88. The van der Waals surface area contributed by atoms with E-state index in [1.54, 1.807) is 0 Å². The zero-order chi connectivity index (χ0) is 20.1. The SMILES string of the molecule is CC(C)C[C@@H](C(=O)NCCNC(=O)c1cc2ccccc2n1C)n1cccc1. The van der Waals surface area contributed by atoms with Crippen LogP contribution in [0, 0.1) is 5.92 Å². The second-order valence-corrected chi connectivity index (χ2v) is 7.47. The molecule has 0 aliphatic rings. The molecule has 0 radical (unpaired) electrons. The minimum Gasteiger partial charge on any atom is -0.353 e. The minimum atomic E-state index is -0.233. The van der Waals surface area contributed by atoms with E-state index >= 15 is 0 Å². The van der Waals surface area contributed by atoms with Gasteiger partial charge in [0.2, 0.25) is 5.91 Å². The Kier molecular flexibility index (Phi) is 6.19. The number of benzene rings is 1. The summed E-state index contributed by atoms with van der Waals surface area (Å²) in [6.07, 6.45) is 4.59. The van der Waals surface area contributed by atoms with Crippen LogP contribution in [0.5, 0.6) is 0 Å². The Morgan fingerprint density at radius 3 is 2.36 bits per heavy atom. The Morgan fingerprint density at radius 1 is 1.00 bits per heavy atom. The number of amides is 2. The van der Waals surface area contributed by atoms with Crippen molar-refractivity contribution < 1.29 is 9.59 Å². The third-order valence-electron chi connectivity index (χ3n) is 4.88. The number of carbonyl (C=O) groups is 2. The molecule has 0 saturated heterocycles. The fourth-order valence-electron chi connectivity index (χ4n) is 3.44. The molecule has 28 heavy (non-hydrogen) atoms. The highest BCUT2D eigenvalue weighted by Gasteiger charge is 2.20. The van der Waals surface area contributed by atoms with Crippen molar-refractivity contribution in [3.63, 3.8) is 0 Å². The van der Waals surface area contributed by atoms with Crippen LogP contribution >= 0.6 is 0 Å². The van der Waals surface area contributed by atoms with Gasteiger partial charge in [-0.3, -0.25) is 9.59 Å². The summed E-state index contributed by atoms with van der Waals surface area (Å²) in [4.78, 5) is 25.1. The van der Waals surface area contributed by atoms with Gasteiger partial charge in [-0.25, -0.2) is 0 Å². The number of nitrogens with one attached hydrogen (secondary N) is 2. The standard InChI is InChI=1S/C22H28N4O2/c1-16(2)14-20(26-12-6-7-13-26)22(28)24-11-10-23-21(27)19-15-17-8-4-5-9-18(17)25(19)3/h4-9,12-13,15-16,20H,10-11,14H2,1-3H3,(H,23,27)(H,24,28)/t20-/m0/s1. The summed E-state index contributed by atoms with van der Waals surface area (Å²) < 4.78 is 3.82. The molecule has 0 bridgehead atoms. The lowest BCUT2D eigenvalue weighted by molar-refractivity contribution is -0.124. The predicted octanol–water partition coefficient (Wildman–Crippen LogP) is 3.11. The first-order chi connectivity index (χ1) is 13.5. The first kappa shape index (κ1) is 19.7. The van der Waals surface area contributed by atoms with Crippen LogP contribution in [0.15, 0.2) is 54.9 Å². The zero-order valence-electron chi connectivity index (χ0n) is 16.7. The van der Waals surface area contributed by atoms with Crippen LogP contribution < -0.4 is 10.6 Å². The number of nitrogens with zero attached hydrogens (tertiary/aromatic N) is 2. The van der Waals surface area contributed by atoms with Crippen molar-refractivity contribution in [1.29, 1.82) is 0 Å². The highest BCUT2D eigenvalue weighted by molar-refractivity contribution is 5.98. The summed E-state index contributed by atoms with van der Waals surface area (Å²) in [6.45, 7) is 4.98. The lowest BCUT2D eigenvalue weighted by Gasteiger charge is -2.20. The van der Waals surface area contributed by atoms with E-state index in [-0.39, 0.29) is 17.9 Å². The molecule has 0 spiro atoms. The molecule has 2 aromatic heterocycles. The van der Waals surface area contributed by atoms with E-state index < -0.39 is 0 Å². The van der Waals surface area contributed by atoms with Gasteiger partial charge in [0.05, 0.1) is 0 Å². The number of carbonyl (C=O) groups excluding carboxylic acids is 2. The van der Waals surface area contributed by atoms with Crippen molar-refractivity contribution in [2.24, 2.45) is 13.0 Å². The molecule has 2 N–H and O–H groups in total. The molecule has 6 heteroatoms. The predicted molar refractivity (Wildman–Crippen MR) is 111 cm³/mol. The molecular formula is C22H28N4O2. The van der Waals surface area contributed by atoms with Gasteiger partial charge < -0.3 is 19.8 Å². The third-order valence-corrected chi connectivity index (χ3v) is 4.88. The lowest BCUT2D eigenvalue weighted by Crippen LogP contribution is -2.38. The smallest absolute Gasteiger partial charge is 0.267 e. The largest absolute Gasteiger partial charge is 0.353 e. The molecule has 6 nitrogen and oxygen atoms in total. The molecule has 148 valence electrons. The van der Waals surface area contributed by atoms with Gasteiger partial charge >= 0.3 is 0 Å². The van der Waals surface area contributed by atoms with Crippen LogP contribution in [0.2, 0.25) is 0 Å². The Balaban J connectivity index is 1.53. The van der Waals surface area contributed by atoms with Crippen LogP contribution in [-0.4, -0.2) is 34.0 Å². The maximum absolute atomic E-state index is 12.6. The number of aryl methyl sites for hydroxylation is 1. The van der Waals surface area contributed by atoms with Gasteiger partial charge in [0.25, 0.3) is 5.91 Å². The Labute approximate surface area is 165 Å². The number of aromatic nitrogens is 2. The Hall–Kier alpha value is -3.02. The van der Waals surface area contributed by atoms with E-state index in [0.717, 1.165) is 17.3 Å². The Morgan fingerprint density at radius 2 is 1.68 bits per heavy atom. The number of hydrogen-bond acceptors (Lipinski definition) is 2. The van der Waals surface area contributed by atoms with Gasteiger partial charge in [-0.2, -0.15) is 0 Å². The fraction of sp³-hybridized carbons (Fsp3) is 0.364. The maximum atomic E-state index is 12.6. The highest BCUT2D eigenvalue weighted by Crippen LogP contribution is 2.19. The first-order valence-electron chi connectivity index (χ1n) is 9.70. The average molecular weight is 380 g/mol. The van der Waals surface area contributed by atoms with Crippen molar-refractivity contribution >= 4 is 22.7 Å². The molecule has 1 aromatic carbocycles. The molecule has 3 aromatic rings. The van der Waals surface area contributed by atoms with E-state index in [9.17, 15) is 9.59 Å². The second-order valence-electron chi connectivity index (χ2n) is 7.47. The van der Waals surface area contributed by atoms with Crippen molar-refractivity contribution in [1.82, 2.24) is 19.8 Å². The van der Waals surface area contributed by atoms with Gasteiger partial charge in [0.15, 0.2) is 0 Å². The van der Waals surface area contributed by atoms with Crippen LogP contribution in [0.25, 0.3) is 10.9 Å². The molecule has 3 rings (SSSR count). The topological polar surface area (TPSA) is 68.1 Å².